The predicted molar refractivity (Wildman–Crippen MR) is 63.8 cm³/mol. The summed E-state index contributed by atoms with van der Waals surface area (Å²) in [7, 11) is 1.69. The molecule has 0 aromatic rings. The largest absolute Gasteiger partial charge is 0.382 e. The standard InChI is InChI=1S/C12H25NO3/c1-12(5-3-8-16-12)11-13-6-4-7-15-10-9-14-2/h13H,3-11H2,1-2H3. The maximum absolute atomic E-state index is 5.69. The third-order valence-electron chi connectivity index (χ3n) is 2.87. The van der Waals surface area contributed by atoms with Gasteiger partial charge < -0.3 is 19.5 Å². The second-order valence-corrected chi connectivity index (χ2v) is 4.54. The summed E-state index contributed by atoms with van der Waals surface area (Å²) in [6, 6.07) is 0. The summed E-state index contributed by atoms with van der Waals surface area (Å²) in [6.45, 7) is 7.21. The normalized spacial score (nSPS) is 25.1. The fraction of sp³-hybridized carbons (Fsp3) is 1.00. The van der Waals surface area contributed by atoms with E-state index in [0.717, 1.165) is 32.7 Å². The number of rotatable bonds is 9. The van der Waals surface area contributed by atoms with Crippen LogP contribution in [0.1, 0.15) is 26.2 Å². The molecular formula is C12H25NO3. The van der Waals surface area contributed by atoms with Crippen molar-refractivity contribution in [2.75, 3.05) is 46.6 Å². The quantitative estimate of drug-likeness (QED) is 0.605. The molecule has 0 aromatic heterocycles. The van der Waals surface area contributed by atoms with E-state index >= 15 is 0 Å². The Morgan fingerprint density at radius 3 is 2.88 bits per heavy atom. The van der Waals surface area contributed by atoms with Gasteiger partial charge in [0.05, 0.1) is 18.8 Å². The Hall–Kier alpha value is -0.160. The molecule has 1 saturated heterocycles. The van der Waals surface area contributed by atoms with Gasteiger partial charge in [-0.3, -0.25) is 0 Å². The highest BCUT2D eigenvalue weighted by atomic mass is 16.5. The lowest BCUT2D eigenvalue weighted by atomic mass is 10.0. The Bertz CT molecular complexity index is 170. The first kappa shape index (κ1) is 13.9. The van der Waals surface area contributed by atoms with Crippen LogP contribution in [-0.4, -0.2) is 52.2 Å². The molecule has 4 heteroatoms. The van der Waals surface area contributed by atoms with Crippen LogP contribution >= 0.6 is 0 Å². The van der Waals surface area contributed by atoms with Crippen molar-refractivity contribution < 1.29 is 14.2 Å². The van der Waals surface area contributed by atoms with Crippen molar-refractivity contribution in [1.29, 1.82) is 0 Å². The number of nitrogens with one attached hydrogen (secondary N) is 1. The summed E-state index contributed by atoms with van der Waals surface area (Å²) >= 11 is 0. The molecule has 1 aliphatic rings. The van der Waals surface area contributed by atoms with Crippen molar-refractivity contribution in [1.82, 2.24) is 5.32 Å². The summed E-state index contributed by atoms with van der Waals surface area (Å²) in [5.41, 5.74) is 0.0664. The maximum Gasteiger partial charge on any atom is 0.0779 e. The van der Waals surface area contributed by atoms with Gasteiger partial charge in [0.15, 0.2) is 0 Å². The van der Waals surface area contributed by atoms with Crippen LogP contribution in [0.3, 0.4) is 0 Å². The van der Waals surface area contributed by atoms with Crippen LogP contribution in [0.25, 0.3) is 0 Å². The van der Waals surface area contributed by atoms with Crippen LogP contribution in [0.15, 0.2) is 0 Å². The zero-order chi connectivity index (χ0) is 11.7. The molecule has 1 N–H and O–H groups in total. The van der Waals surface area contributed by atoms with Crippen LogP contribution < -0.4 is 5.32 Å². The third-order valence-corrected chi connectivity index (χ3v) is 2.87. The Morgan fingerprint density at radius 1 is 1.31 bits per heavy atom. The van der Waals surface area contributed by atoms with Crippen LogP contribution in [0, 0.1) is 0 Å². The molecule has 1 aliphatic heterocycles. The van der Waals surface area contributed by atoms with Gasteiger partial charge in [0.25, 0.3) is 0 Å². The van der Waals surface area contributed by atoms with Crippen molar-refractivity contribution in [3.8, 4) is 0 Å². The minimum Gasteiger partial charge on any atom is -0.382 e. The SMILES string of the molecule is COCCOCCCNCC1(C)CCCO1. The van der Waals surface area contributed by atoms with Gasteiger partial charge in [-0.05, 0) is 32.7 Å². The lowest BCUT2D eigenvalue weighted by Gasteiger charge is -2.23. The van der Waals surface area contributed by atoms with Gasteiger partial charge in [-0.2, -0.15) is 0 Å². The first-order valence-electron chi connectivity index (χ1n) is 6.18. The topological polar surface area (TPSA) is 39.7 Å². The highest BCUT2D eigenvalue weighted by molar-refractivity contribution is 4.82. The molecular weight excluding hydrogens is 206 g/mol. The zero-order valence-electron chi connectivity index (χ0n) is 10.6. The molecule has 0 aromatic carbocycles. The average molecular weight is 231 g/mol. The molecule has 1 unspecified atom stereocenters. The highest BCUT2D eigenvalue weighted by Gasteiger charge is 2.28. The van der Waals surface area contributed by atoms with Crippen molar-refractivity contribution in [2.45, 2.75) is 31.8 Å². The van der Waals surface area contributed by atoms with E-state index in [2.05, 4.69) is 12.2 Å². The Balaban J connectivity index is 1.84. The predicted octanol–water partition coefficient (Wildman–Crippen LogP) is 1.20. The van der Waals surface area contributed by atoms with E-state index in [4.69, 9.17) is 14.2 Å². The molecule has 1 atom stereocenters. The third kappa shape index (κ3) is 5.80. The van der Waals surface area contributed by atoms with E-state index in [0.29, 0.717) is 13.2 Å². The minimum atomic E-state index is 0.0664. The second kappa shape index (κ2) is 8.01. The molecule has 1 rings (SSSR count). The molecule has 0 radical (unpaired) electrons. The fourth-order valence-electron chi connectivity index (χ4n) is 1.87. The molecule has 1 heterocycles. The van der Waals surface area contributed by atoms with Gasteiger partial charge in [0, 0.05) is 26.9 Å². The minimum absolute atomic E-state index is 0.0664. The monoisotopic (exact) mass is 231 g/mol. The van der Waals surface area contributed by atoms with Crippen molar-refractivity contribution in [3.05, 3.63) is 0 Å². The average Bonchev–Trinajstić information content (AvgIpc) is 2.70. The molecule has 0 saturated carbocycles. The van der Waals surface area contributed by atoms with Crippen LogP contribution in [-0.2, 0) is 14.2 Å². The van der Waals surface area contributed by atoms with Gasteiger partial charge in [-0.15, -0.1) is 0 Å². The fourth-order valence-corrected chi connectivity index (χ4v) is 1.87. The van der Waals surface area contributed by atoms with Crippen molar-refractivity contribution in [3.63, 3.8) is 0 Å². The number of methoxy groups -OCH3 is 1. The highest BCUT2D eigenvalue weighted by Crippen LogP contribution is 2.23. The maximum atomic E-state index is 5.69. The van der Waals surface area contributed by atoms with Gasteiger partial charge in [-0.1, -0.05) is 0 Å². The number of hydrogen-bond acceptors (Lipinski definition) is 4. The Labute approximate surface area is 98.6 Å². The van der Waals surface area contributed by atoms with Gasteiger partial charge in [0.1, 0.15) is 0 Å². The van der Waals surface area contributed by atoms with Crippen LogP contribution in [0.5, 0.6) is 0 Å². The van der Waals surface area contributed by atoms with Crippen LogP contribution in [0.4, 0.5) is 0 Å². The molecule has 0 amide bonds. The molecule has 96 valence electrons. The smallest absolute Gasteiger partial charge is 0.0779 e. The van der Waals surface area contributed by atoms with E-state index in [-0.39, 0.29) is 5.60 Å². The first-order valence-corrected chi connectivity index (χ1v) is 6.18. The van der Waals surface area contributed by atoms with Gasteiger partial charge in [-0.25, -0.2) is 0 Å². The summed E-state index contributed by atoms with van der Waals surface area (Å²) in [4.78, 5) is 0. The van der Waals surface area contributed by atoms with E-state index < -0.39 is 0 Å². The number of hydrogen-bond donors (Lipinski definition) is 1. The van der Waals surface area contributed by atoms with Crippen LogP contribution in [0.2, 0.25) is 0 Å². The number of ether oxygens (including phenoxy) is 3. The molecule has 0 bridgehead atoms. The molecule has 0 spiro atoms. The summed E-state index contributed by atoms with van der Waals surface area (Å²) in [5, 5.41) is 3.42. The Morgan fingerprint density at radius 2 is 2.19 bits per heavy atom. The lowest BCUT2D eigenvalue weighted by molar-refractivity contribution is 0.0201. The summed E-state index contributed by atoms with van der Waals surface area (Å²) in [5.74, 6) is 0. The van der Waals surface area contributed by atoms with Gasteiger partial charge >= 0.3 is 0 Å². The summed E-state index contributed by atoms with van der Waals surface area (Å²) < 4.78 is 16.0. The van der Waals surface area contributed by atoms with Gasteiger partial charge in [0.2, 0.25) is 0 Å². The van der Waals surface area contributed by atoms with E-state index in [1.54, 1.807) is 7.11 Å². The molecule has 16 heavy (non-hydrogen) atoms. The molecule has 4 nitrogen and oxygen atoms in total. The molecule has 1 fully saturated rings. The van der Waals surface area contributed by atoms with Crippen molar-refractivity contribution in [2.24, 2.45) is 0 Å². The molecule has 0 aliphatic carbocycles. The van der Waals surface area contributed by atoms with E-state index in [1.165, 1.54) is 12.8 Å². The second-order valence-electron chi connectivity index (χ2n) is 4.54. The Kier molecular flexibility index (Phi) is 6.96. The summed E-state index contributed by atoms with van der Waals surface area (Å²) in [6.07, 6.45) is 3.41. The first-order chi connectivity index (χ1) is 7.77. The van der Waals surface area contributed by atoms with Crippen molar-refractivity contribution >= 4 is 0 Å². The zero-order valence-corrected chi connectivity index (χ0v) is 10.6. The lowest BCUT2D eigenvalue weighted by Crippen LogP contribution is -2.37. The van der Waals surface area contributed by atoms with E-state index in [1.807, 2.05) is 0 Å². The van der Waals surface area contributed by atoms with E-state index in [9.17, 15) is 0 Å².